The smallest absolute Gasteiger partial charge is 0.380 e. The molecule has 4 nitrogen and oxygen atoms in total. The summed E-state index contributed by atoms with van der Waals surface area (Å²) in [6, 6.07) is 0.557. The van der Waals surface area contributed by atoms with Gasteiger partial charge in [-0.25, -0.2) is 0 Å². The van der Waals surface area contributed by atoms with Gasteiger partial charge in [0.2, 0.25) is 0 Å². The quantitative estimate of drug-likeness (QED) is 0.310. The van der Waals surface area contributed by atoms with Crippen LogP contribution in [0.15, 0.2) is 23.5 Å². The van der Waals surface area contributed by atoms with Crippen molar-refractivity contribution in [2.75, 3.05) is 14.1 Å². The molecule has 8 heteroatoms. The van der Waals surface area contributed by atoms with Crippen LogP contribution in [0.4, 0.5) is 13.2 Å². The summed E-state index contributed by atoms with van der Waals surface area (Å²) >= 11 is 0. The molecule has 6 atom stereocenters. The van der Waals surface area contributed by atoms with Crippen LogP contribution >= 0.6 is 0 Å². The van der Waals surface area contributed by atoms with Crippen LogP contribution in [0.3, 0.4) is 0 Å². The maximum Gasteiger partial charge on any atom is 0.534 e. The zero-order chi connectivity index (χ0) is 23.0. The average Bonchev–Trinajstić information content (AvgIpc) is 2.91. The summed E-state index contributed by atoms with van der Waals surface area (Å²) in [7, 11) is -1.39. The lowest BCUT2D eigenvalue weighted by molar-refractivity contribution is -0.0944. The Bertz CT molecular complexity index is 925. The number of allylic oxidation sites excluding steroid dienone is 3. The minimum atomic E-state index is -5.66. The van der Waals surface area contributed by atoms with Crippen LogP contribution < -0.4 is 0 Å². The van der Waals surface area contributed by atoms with Crippen LogP contribution in [0.5, 0.6) is 0 Å². The normalized spacial score (nSPS) is 42.9. The highest BCUT2D eigenvalue weighted by atomic mass is 32.2. The maximum atomic E-state index is 13.0. The third-order valence-corrected chi connectivity index (χ3v) is 10.6. The van der Waals surface area contributed by atoms with Crippen molar-refractivity contribution in [2.45, 2.75) is 77.3 Å². The zero-order valence-corrected chi connectivity index (χ0v) is 19.9. The first-order chi connectivity index (χ1) is 14.2. The predicted octanol–water partition coefficient (Wildman–Crippen LogP) is 5.63. The first kappa shape index (κ1) is 23.1. The van der Waals surface area contributed by atoms with Gasteiger partial charge in [-0.2, -0.15) is 21.6 Å². The van der Waals surface area contributed by atoms with Gasteiger partial charge in [-0.15, -0.1) is 0 Å². The fourth-order valence-corrected chi connectivity index (χ4v) is 7.82. The Labute approximate surface area is 184 Å². The number of alkyl halides is 3. The molecule has 4 rings (SSSR count). The van der Waals surface area contributed by atoms with Crippen molar-refractivity contribution < 1.29 is 25.8 Å². The van der Waals surface area contributed by atoms with E-state index in [1.807, 2.05) is 6.92 Å². The number of hydrogen-bond acceptors (Lipinski definition) is 4. The molecule has 0 aromatic carbocycles. The lowest BCUT2D eigenvalue weighted by atomic mass is 9.43. The molecule has 4 aliphatic rings. The predicted molar refractivity (Wildman–Crippen MR) is 113 cm³/mol. The SMILES string of the molecule is CN(C)[C@H]1CC[C@@]2(C)C(=CC[C@@H]3C2CC[C@]2(C)C(OS(=O)(=O)C(F)(F)F)=CC[C@@]32C)C1. The summed E-state index contributed by atoms with van der Waals surface area (Å²) in [5.74, 6) is 0.740. The summed E-state index contributed by atoms with van der Waals surface area (Å²) in [4.78, 5) is 2.30. The van der Waals surface area contributed by atoms with Gasteiger partial charge >= 0.3 is 15.6 Å². The molecule has 31 heavy (non-hydrogen) atoms. The number of nitrogens with zero attached hydrogens (tertiary/aromatic N) is 1. The standard InChI is InChI=1S/C23H34F3NO3S/c1-20-11-8-16(27(4)5)14-15(20)6-7-18-17(20)9-12-22(3)19(10-13-21(18,22)2)30-31(28,29)23(24,25)26/h6,10,16-18H,7-9,11-14H2,1-5H3/t16-,17?,18+,20-,21-,22+/m0/s1. The molecule has 176 valence electrons. The van der Waals surface area contributed by atoms with Crippen molar-refractivity contribution in [1.82, 2.24) is 4.90 Å². The van der Waals surface area contributed by atoms with E-state index in [2.05, 4.69) is 38.9 Å². The molecule has 0 amide bonds. The molecule has 2 saturated carbocycles. The van der Waals surface area contributed by atoms with Crippen molar-refractivity contribution >= 4 is 10.1 Å². The van der Waals surface area contributed by atoms with Crippen LogP contribution in [-0.2, 0) is 14.3 Å². The van der Waals surface area contributed by atoms with Gasteiger partial charge in [0.05, 0.1) is 0 Å². The lowest BCUT2D eigenvalue weighted by Crippen LogP contribution is -2.55. The highest BCUT2D eigenvalue weighted by Gasteiger charge is 2.64. The Morgan fingerprint density at radius 2 is 1.74 bits per heavy atom. The van der Waals surface area contributed by atoms with Crippen LogP contribution in [0.1, 0.15) is 65.7 Å². The summed E-state index contributed by atoms with van der Waals surface area (Å²) in [5.41, 5.74) is -4.80. The van der Waals surface area contributed by atoms with Gasteiger partial charge in [-0.05, 0) is 87.8 Å². The highest BCUT2D eigenvalue weighted by molar-refractivity contribution is 7.87. The Hall–Kier alpha value is -1.02. The Morgan fingerprint density at radius 1 is 1.06 bits per heavy atom. The van der Waals surface area contributed by atoms with Crippen LogP contribution in [0.25, 0.3) is 0 Å². The number of hydrogen-bond donors (Lipinski definition) is 0. The number of rotatable bonds is 3. The lowest BCUT2D eigenvalue weighted by Gasteiger charge is -2.62. The van der Waals surface area contributed by atoms with Gasteiger partial charge in [0, 0.05) is 11.5 Å². The molecule has 0 saturated heterocycles. The van der Waals surface area contributed by atoms with Crippen molar-refractivity contribution in [3.8, 4) is 0 Å². The molecule has 0 radical (unpaired) electrons. The third-order valence-electron chi connectivity index (χ3n) is 9.61. The molecule has 1 unspecified atom stereocenters. The van der Waals surface area contributed by atoms with Gasteiger partial charge in [-0.3, -0.25) is 0 Å². The fourth-order valence-electron chi connectivity index (χ4n) is 7.24. The van der Waals surface area contributed by atoms with E-state index in [1.54, 1.807) is 6.08 Å². The molecule has 0 aromatic rings. The molecule has 0 N–H and O–H groups in total. The Kier molecular flexibility index (Phi) is 5.22. The molecule has 0 spiro atoms. The minimum Gasteiger partial charge on any atom is -0.380 e. The second-order valence-corrected chi connectivity index (χ2v) is 12.5. The highest BCUT2D eigenvalue weighted by Crippen LogP contribution is 2.70. The summed E-state index contributed by atoms with van der Waals surface area (Å²) in [5, 5.41) is 0. The van der Waals surface area contributed by atoms with E-state index >= 15 is 0 Å². The fraction of sp³-hybridized carbons (Fsp3) is 0.826. The molecule has 4 aliphatic carbocycles. The third kappa shape index (κ3) is 3.22. The van der Waals surface area contributed by atoms with E-state index in [-0.39, 0.29) is 16.6 Å². The summed E-state index contributed by atoms with van der Waals surface area (Å²) < 4.78 is 67.1. The zero-order valence-electron chi connectivity index (χ0n) is 19.1. The van der Waals surface area contributed by atoms with Crippen LogP contribution in [-0.4, -0.2) is 39.0 Å². The molecular formula is C23H34F3NO3S. The number of fused-ring (bicyclic) bond motifs is 5. The largest absolute Gasteiger partial charge is 0.534 e. The van der Waals surface area contributed by atoms with Gasteiger partial charge < -0.3 is 9.08 Å². The Balaban J connectivity index is 1.63. The second kappa shape index (κ2) is 6.99. The molecule has 0 bridgehead atoms. The molecule has 2 fully saturated rings. The molecule has 0 heterocycles. The van der Waals surface area contributed by atoms with E-state index in [4.69, 9.17) is 4.18 Å². The van der Waals surface area contributed by atoms with Crippen LogP contribution in [0.2, 0.25) is 0 Å². The van der Waals surface area contributed by atoms with E-state index in [9.17, 15) is 21.6 Å². The van der Waals surface area contributed by atoms with Gasteiger partial charge in [0.15, 0.2) is 0 Å². The van der Waals surface area contributed by atoms with Gasteiger partial charge in [-0.1, -0.05) is 32.4 Å². The van der Waals surface area contributed by atoms with E-state index in [0.29, 0.717) is 30.7 Å². The maximum absolute atomic E-state index is 13.0. The van der Waals surface area contributed by atoms with E-state index in [1.165, 1.54) is 5.57 Å². The second-order valence-electron chi connectivity index (χ2n) is 11.0. The van der Waals surface area contributed by atoms with Gasteiger partial charge in [0.25, 0.3) is 0 Å². The van der Waals surface area contributed by atoms with Crippen molar-refractivity contribution in [3.63, 3.8) is 0 Å². The summed E-state index contributed by atoms with van der Waals surface area (Å²) in [6.07, 6.45) is 10.3. The monoisotopic (exact) mass is 461 g/mol. The summed E-state index contributed by atoms with van der Waals surface area (Å²) in [6.45, 7) is 6.41. The molecular weight excluding hydrogens is 427 g/mol. The average molecular weight is 462 g/mol. The molecule has 0 aromatic heterocycles. The Morgan fingerprint density at radius 3 is 2.35 bits per heavy atom. The first-order valence-electron chi connectivity index (χ1n) is 11.2. The van der Waals surface area contributed by atoms with Crippen molar-refractivity contribution in [2.24, 2.45) is 28.1 Å². The van der Waals surface area contributed by atoms with Gasteiger partial charge in [0.1, 0.15) is 5.76 Å². The first-order valence-corrected chi connectivity index (χ1v) is 12.6. The van der Waals surface area contributed by atoms with E-state index in [0.717, 1.165) is 32.1 Å². The minimum absolute atomic E-state index is 0.0120. The topological polar surface area (TPSA) is 46.6 Å². The molecule has 0 aliphatic heterocycles. The number of halogens is 3. The van der Waals surface area contributed by atoms with Crippen molar-refractivity contribution in [1.29, 1.82) is 0 Å². The van der Waals surface area contributed by atoms with Crippen molar-refractivity contribution in [3.05, 3.63) is 23.5 Å². The van der Waals surface area contributed by atoms with Crippen LogP contribution in [0, 0.1) is 28.1 Å². The van der Waals surface area contributed by atoms with E-state index < -0.39 is 21.0 Å².